The van der Waals surface area contributed by atoms with Gasteiger partial charge in [-0.25, -0.2) is 0 Å². The molecule has 0 aromatic carbocycles. The normalized spacial score (nSPS) is 13.1. The van der Waals surface area contributed by atoms with Gasteiger partial charge in [0, 0.05) is 19.3 Å². The Kier molecular flexibility index (Phi) is 56.4. The summed E-state index contributed by atoms with van der Waals surface area (Å²) in [6.45, 7) is 6.41. The molecule has 0 aromatic rings. The first-order chi connectivity index (χ1) is 36.0. The quantitative estimate of drug-likeness (QED) is 0.0261. The maximum absolute atomic E-state index is 12.8. The molecule has 1 unspecified atom stereocenters. The van der Waals surface area contributed by atoms with Crippen LogP contribution in [0.2, 0.25) is 0 Å². The van der Waals surface area contributed by atoms with Crippen molar-refractivity contribution in [2.75, 3.05) is 13.2 Å². The van der Waals surface area contributed by atoms with Gasteiger partial charge in [0.1, 0.15) is 13.2 Å². The largest absolute Gasteiger partial charge is 0.462 e. The number of carbonyl (C=O) groups excluding carboxylic acids is 3. The minimum Gasteiger partial charge on any atom is -0.462 e. The van der Waals surface area contributed by atoms with Gasteiger partial charge in [-0.15, -0.1) is 0 Å². The molecule has 73 heavy (non-hydrogen) atoms. The zero-order valence-electron chi connectivity index (χ0n) is 47.1. The predicted octanol–water partition coefficient (Wildman–Crippen LogP) is 20.2. The van der Waals surface area contributed by atoms with Crippen molar-refractivity contribution < 1.29 is 28.6 Å². The lowest BCUT2D eigenvalue weighted by Crippen LogP contribution is -2.30. The van der Waals surface area contributed by atoms with Gasteiger partial charge in [0.05, 0.1) is 0 Å². The van der Waals surface area contributed by atoms with Crippen molar-refractivity contribution in [2.45, 2.75) is 258 Å². The van der Waals surface area contributed by atoms with Crippen LogP contribution in [0.3, 0.4) is 0 Å². The van der Waals surface area contributed by atoms with E-state index in [1.165, 1.54) is 77.0 Å². The first-order valence-corrected chi connectivity index (χ1v) is 29.7. The third-order valence-corrected chi connectivity index (χ3v) is 12.1. The molecule has 0 aliphatic heterocycles. The summed E-state index contributed by atoms with van der Waals surface area (Å²) in [4.78, 5) is 38.0. The Bertz CT molecular complexity index is 1580. The molecule has 0 aliphatic carbocycles. The molecule has 0 amide bonds. The molecule has 6 heteroatoms. The molecule has 0 spiro atoms. The summed E-state index contributed by atoms with van der Waals surface area (Å²) < 4.78 is 16.7. The fourth-order valence-electron chi connectivity index (χ4n) is 7.70. The zero-order valence-corrected chi connectivity index (χ0v) is 47.1. The van der Waals surface area contributed by atoms with Crippen LogP contribution in [0.1, 0.15) is 252 Å². The molecule has 0 heterocycles. The minimum absolute atomic E-state index is 0.101. The van der Waals surface area contributed by atoms with Gasteiger partial charge in [-0.2, -0.15) is 0 Å². The summed E-state index contributed by atoms with van der Waals surface area (Å²) in [6, 6.07) is 0. The van der Waals surface area contributed by atoms with Gasteiger partial charge in [0.15, 0.2) is 6.10 Å². The molecule has 0 aromatic heterocycles. The van der Waals surface area contributed by atoms with Crippen LogP contribution in [0.25, 0.3) is 0 Å². The van der Waals surface area contributed by atoms with Crippen molar-refractivity contribution in [1.29, 1.82) is 0 Å². The van der Waals surface area contributed by atoms with Crippen molar-refractivity contribution in [1.82, 2.24) is 0 Å². The summed E-state index contributed by atoms with van der Waals surface area (Å²) in [6.07, 6.45) is 84.7. The van der Waals surface area contributed by atoms with Crippen LogP contribution in [-0.2, 0) is 28.6 Å². The SMILES string of the molecule is CC/C=C\C/C=C\C/C=C\C/C=C\C/C=C\C/C=C\C/C=C\C/C=C\CCCCC(=O)OCC(COC(=O)CCCCCCCCC)OC(=O)CCCCCCCC/C=C\C/C=C\C/C=C\CCCCCCC. The lowest BCUT2D eigenvalue weighted by atomic mass is 10.1. The Hall–Kier alpha value is -4.45. The average Bonchev–Trinajstić information content (AvgIpc) is 3.39. The van der Waals surface area contributed by atoms with E-state index in [0.29, 0.717) is 25.7 Å². The van der Waals surface area contributed by atoms with Crippen molar-refractivity contribution in [3.63, 3.8) is 0 Å². The van der Waals surface area contributed by atoms with Gasteiger partial charge in [-0.1, -0.05) is 244 Å². The Balaban J connectivity index is 4.33. The fourth-order valence-corrected chi connectivity index (χ4v) is 7.70. The summed E-state index contributed by atoms with van der Waals surface area (Å²) >= 11 is 0. The van der Waals surface area contributed by atoms with Crippen LogP contribution in [0, 0.1) is 0 Å². The molecule has 0 radical (unpaired) electrons. The second kappa shape index (κ2) is 60.1. The highest BCUT2D eigenvalue weighted by Crippen LogP contribution is 2.13. The molecule has 1 atom stereocenters. The van der Waals surface area contributed by atoms with Crippen LogP contribution in [0.5, 0.6) is 0 Å². The van der Waals surface area contributed by atoms with Gasteiger partial charge in [0.25, 0.3) is 0 Å². The molecule has 0 bridgehead atoms. The number of rotatable bonds is 52. The molecule has 0 N–H and O–H groups in total. The van der Waals surface area contributed by atoms with E-state index >= 15 is 0 Å². The Morgan fingerprint density at radius 1 is 0.288 bits per heavy atom. The number of allylic oxidation sites excluding steroid dienone is 22. The summed E-state index contributed by atoms with van der Waals surface area (Å²) in [5.41, 5.74) is 0. The van der Waals surface area contributed by atoms with Crippen LogP contribution in [-0.4, -0.2) is 37.2 Å². The molecule has 0 saturated carbocycles. The van der Waals surface area contributed by atoms with E-state index in [2.05, 4.69) is 154 Å². The Morgan fingerprint density at radius 2 is 0.534 bits per heavy atom. The highest BCUT2D eigenvalue weighted by Gasteiger charge is 2.19. The lowest BCUT2D eigenvalue weighted by molar-refractivity contribution is -0.167. The van der Waals surface area contributed by atoms with Gasteiger partial charge in [0.2, 0.25) is 0 Å². The number of ether oxygens (including phenoxy) is 3. The van der Waals surface area contributed by atoms with Crippen LogP contribution >= 0.6 is 0 Å². The number of hydrogen-bond donors (Lipinski definition) is 0. The molecule has 0 saturated heterocycles. The van der Waals surface area contributed by atoms with E-state index < -0.39 is 6.10 Å². The Labute approximate surface area is 449 Å². The first kappa shape index (κ1) is 68.6. The van der Waals surface area contributed by atoms with Gasteiger partial charge >= 0.3 is 17.9 Å². The highest BCUT2D eigenvalue weighted by molar-refractivity contribution is 5.71. The highest BCUT2D eigenvalue weighted by atomic mass is 16.6. The van der Waals surface area contributed by atoms with E-state index in [4.69, 9.17) is 14.2 Å². The number of hydrogen-bond acceptors (Lipinski definition) is 6. The summed E-state index contributed by atoms with van der Waals surface area (Å²) in [5, 5.41) is 0. The van der Waals surface area contributed by atoms with E-state index in [1.54, 1.807) is 0 Å². The molecule has 0 fully saturated rings. The van der Waals surface area contributed by atoms with Crippen molar-refractivity contribution in [3.8, 4) is 0 Å². The molecule has 0 rings (SSSR count). The third kappa shape index (κ3) is 58.3. The number of unbranched alkanes of at least 4 members (excludes halogenated alkanes) is 19. The van der Waals surface area contributed by atoms with E-state index in [1.807, 2.05) is 0 Å². The summed E-state index contributed by atoms with van der Waals surface area (Å²) in [5.74, 6) is -0.970. The van der Waals surface area contributed by atoms with Gasteiger partial charge < -0.3 is 14.2 Å². The second-order valence-electron chi connectivity index (χ2n) is 19.2. The van der Waals surface area contributed by atoms with Crippen molar-refractivity contribution >= 4 is 17.9 Å². The van der Waals surface area contributed by atoms with Crippen molar-refractivity contribution in [2.24, 2.45) is 0 Å². The van der Waals surface area contributed by atoms with Gasteiger partial charge in [-0.3, -0.25) is 14.4 Å². The topological polar surface area (TPSA) is 78.9 Å². The smallest absolute Gasteiger partial charge is 0.306 e. The number of esters is 3. The van der Waals surface area contributed by atoms with E-state index in [9.17, 15) is 14.4 Å². The lowest BCUT2D eigenvalue weighted by Gasteiger charge is -2.18. The van der Waals surface area contributed by atoms with E-state index in [0.717, 1.165) is 128 Å². The molecular weight excluding hydrogens is 901 g/mol. The van der Waals surface area contributed by atoms with Crippen LogP contribution in [0.4, 0.5) is 0 Å². The maximum atomic E-state index is 12.8. The first-order valence-electron chi connectivity index (χ1n) is 29.7. The predicted molar refractivity (Wildman–Crippen MR) is 316 cm³/mol. The Morgan fingerprint density at radius 3 is 0.863 bits per heavy atom. The third-order valence-electron chi connectivity index (χ3n) is 12.1. The monoisotopic (exact) mass is 1010 g/mol. The van der Waals surface area contributed by atoms with Crippen molar-refractivity contribution in [3.05, 3.63) is 134 Å². The number of carbonyl (C=O) groups is 3. The van der Waals surface area contributed by atoms with Gasteiger partial charge in [-0.05, 0) is 122 Å². The van der Waals surface area contributed by atoms with Crippen LogP contribution in [0.15, 0.2) is 134 Å². The molecule has 0 aliphatic rings. The van der Waals surface area contributed by atoms with Crippen LogP contribution < -0.4 is 0 Å². The molecular formula is C67H108O6. The standard InChI is InChI=1S/C67H108O6/c1-4-7-10-13-16-18-20-22-24-26-28-30-31-32-33-34-35-37-38-40-42-44-46-48-51-54-57-60-66(69)72-63-64(62-71-65(68)59-56-53-50-15-12-9-6-3)73-67(70)61-58-55-52-49-47-45-43-41-39-36-29-27-25-23-21-19-17-14-11-8-5-2/h7,10,16,18,21-24,27-30,32-33,35,37,39-42,46,48,64H,4-6,8-9,11-15,17,19-20,25-26,31,34,36,38,43-45,47,49-63H2,1-3H3/b10-7-,18-16-,23-21-,24-22-,29-27-,30-28-,33-32-,37-35-,41-39-,42-40-,48-46-. The average molecular weight is 1010 g/mol. The second-order valence-corrected chi connectivity index (χ2v) is 19.2. The maximum Gasteiger partial charge on any atom is 0.306 e. The molecule has 6 nitrogen and oxygen atoms in total. The molecule has 412 valence electrons. The zero-order chi connectivity index (χ0) is 52.9. The summed E-state index contributed by atoms with van der Waals surface area (Å²) in [7, 11) is 0. The van der Waals surface area contributed by atoms with E-state index in [-0.39, 0.29) is 31.1 Å². The fraction of sp³-hybridized carbons (Fsp3) is 0.627. The minimum atomic E-state index is -0.805.